The van der Waals surface area contributed by atoms with Crippen molar-refractivity contribution in [1.29, 1.82) is 0 Å². The molecule has 1 aromatic carbocycles. The van der Waals surface area contributed by atoms with Crippen LogP contribution in [0.1, 0.15) is 29.7 Å². The first-order valence-corrected chi connectivity index (χ1v) is 6.77. The molecular weight excluding hydrogens is 240 g/mol. The number of rotatable bonds is 3. The van der Waals surface area contributed by atoms with Crippen LogP contribution in [0.25, 0.3) is 0 Å². The number of piperazine rings is 1. The molecule has 104 valence electrons. The van der Waals surface area contributed by atoms with Crippen LogP contribution in [0.2, 0.25) is 0 Å². The Morgan fingerprint density at radius 3 is 2.79 bits per heavy atom. The summed E-state index contributed by atoms with van der Waals surface area (Å²) in [6.45, 7) is 8.41. The van der Waals surface area contributed by atoms with Gasteiger partial charge >= 0.3 is 5.97 Å². The summed E-state index contributed by atoms with van der Waals surface area (Å²) in [5.74, 6) is -0.747. The van der Waals surface area contributed by atoms with E-state index in [9.17, 15) is 9.90 Å². The lowest BCUT2D eigenvalue weighted by molar-refractivity contribution is -0.145. The van der Waals surface area contributed by atoms with Crippen molar-refractivity contribution in [2.75, 3.05) is 19.6 Å². The molecule has 1 saturated heterocycles. The molecule has 0 aliphatic carbocycles. The number of nitrogens with one attached hydrogen (secondary N) is 1. The Balaban J connectivity index is 2.23. The van der Waals surface area contributed by atoms with Gasteiger partial charge < -0.3 is 10.4 Å². The van der Waals surface area contributed by atoms with E-state index in [0.29, 0.717) is 6.54 Å². The first kappa shape index (κ1) is 14.0. The molecule has 4 nitrogen and oxygen atoms in total. The normalized spacial score (nSPS) is 22.2. The average Bonchev–Trinajstić information content (AvgIpc) is 2.41. The van der Waals surface area contributed by atoms with Crippen LogP contribution >= 0.6 is 0 Å². The molecule has 0 radical (unpaired) electrons. The number of hydrogen-bond acceptors (Lipinski definition) is 3. The lowest BCUT2D eigenvalue weighted by Crippen LogP contribution is -2.55. The van der Waals surface area contributed by atoms with Crippen LogP contribution in [-0.4, -0.2) is 41.7 Å². The van der Waals surface area contributed by atoms with Gasteiger partial charge in [-0.2, -0.15) is 0 Å². The van der Waals surface area contributed by atoms with E-state index in [1.54, 1.807) is 0 Å². The Labute approximate surface area is 114 Å². The Bertz CT molecular complexity index is 473. The minimum atomic E-state index is -0.747. The highest BCUT2D eigenvalue weighted by atomic mass is 16.4. The molecule has 0 aromatic heterocycles. The van der Waals surface area contributed by atoms with Crippen LogP contribution < -0.4 is 5.32 Å². The molecule has 1 aliphatic heterocycles. The highest BCUT2D eigenvalue weighted by Crippen LogP contribution is 2.25. The van der Waals surface area contributed by atoms with Crippen LogP contribution in [-0.2, 0) is 4.79 Å². The van der Waals surface area contributed by atoms with Gasteiger partial charge in [-0.1, -0.05) is 18.2 Å². The highest BCUT2D eigenvalue weighted by molar-refractivity contribution is 5.74. The van der Waals surface area contributed by atoms with E-state index in [2.05, 4.69) is 49.2 Å². The monoisotopic (exact) mass is 262 g/mol. The summed E-state index contributed by atoms with van der Waals surface area (Å²) in [4.78, 5) is 13.4. The fourth-order valence-electron chi connectivity index (χ4n) is 2.63. The number of nitrogens with zero attached hydrogens (tertiary/aromatic N) is 1. The summed E-state index contributed by atoms with van der Waals surface area (Å²) in [7, 11) is 0. The largest absolute Gasteiger partial charge is 0.480 e. The zero-order valence-electron chi connectivity index (χ0n) is 11.8. The second-order valence-electron chi connectivity index (χ2n) is 5.32. The predicted octanol–water partition coefficient (Wildman–Crippen LogP) is 1.72. The van der Waals surface area contributed by atoms with Gasteiger partial charge in [0.05, 0.1) is 0 Å². The second-order valence-corrected chi connectivity index (χ2v) is 5.32. The molecule has 1 aliphatic rings. The molecule has 1 aromatic rings. The molecule has 1 heterocycles. The highest BCUT2D eigenvalue weighted by Gasteiger charge is 2.32. The molecule has 2 N–H and O–H groups in total. The molecule has 0 amide bonds. The van der Waals surface area contributed by atoms with E-state index in [1.807, 2.05) is 0 Å². The van der Waals surface area contributed by atoms with Gasteiger partial charge in [0.25, 0.3) is 0 Å². The summed E-state index contributed by atoms with van der Waals surface area (Å²) >= 11 is 0. The minimum Gasteiger partial charge on any atom is -0.480 e. The van der Waals surface area contributed by atoms with Gasteiger partial charge in [0, 0.05) is 25.7 Å². The van der Waals surface area contributed by atoms with E-state index in [4.69, 9.17) is 0 Å². The molecule has 0 bridgehead atoms. The van der Waals surface area contributed by atoms with Gasteiger partial charge in [0.15, 0.2) is 0 Å². The van der Waals surface area contributed by atoms with Gasteiger partial charge in [-0.05, 0) is 37.5 Å². The number of aliphatic carboxylic acids is 1. The molecule has 0 saturated carbocycles. The molecule has 2 rings (SSSR count). The summed E-state index contributed by atoms with van der Waals surface area (Å²) in [6, 6.07) is 6.07. The fraction of sp³-hybridized carbons (Fsp3) is 0.533. The van der Waals surface area contributed by atoms with Gasteiger partial charge in [-0.3, -0.25) is 9.69 Å². The molecule has 2 atom stereocenters. The van der Waals surface area contributed by atoms with E-state index in [0.717, 1.165) is 13.1 Å². The van der Waals surface area contributed by atoms with E-state index in [-0.39, 0.29) is 6.04 Å². The van der Waals surface area contributed by atoms with Crippen LogP contribution in [0.4, 0.5) is 0 Å². The van der Waals surface area contributed by atoms with Gasteiger partial charge in [-0.25, -0.2) is 0 Å². The molecule has 19 heavy (non-hydrogen) atoms. The van der Waals surface area contributed by atoms with Crippen molar-refractivity contribution in [3.63, 3.8) is 0 Å². The maximum Gasteiger partial charge on any atom is 0.322 e. The van der Waals surface area contributed by atoms with Crippen LogP contribution in [0.3, 0.4) is 0 Å². The summed E-state index contributed by atoms with van der Waals surface area (Å²) in [5.41, 5.74) is 3.72. The lowest BCUT2D eigenvalue weighted by Gasteiger charge is -2.38. The third-order valence-electron chi connectivity index (χ3n) is 4.08. The maximum atomic E-state index is 11.3. The van der Waals surface area contributed by atoms with E-state index in [1.165, 1.54) is 16.7 Å². The molecule has 0 spiro atoms. The third kappa shape index (κ3) is 2.96. The average molecular weight is 262 g/mol. The van der Waals surface area contributed by atoms with Gasteiger partial charge in [-0.15, -0.1) is 0 Å². The standard InChI is InChI=1S/C15H22N2O2/c1-10-4-5-13(8-11(10)2)12(3)17-7-6-16-9-14(17)15(18)19/h4-5,8,12,14,16H,6-7,9H2,1-3H3,(H,18,19). The lowest BCUT2D eigenvalue weighted by atomic mass is 9.99. The van der Waals surface area contributed by atoms with Crippen LogP contribution in [0.5, 0.6) is 0 Å². The number of aryl methyl sites for hydroxylation is 2. The summed E-state index contributed by atoms with van der Waals surface area (Å²) < 4.78 is 0. The fourth-order valence-corrected chi connectivity index (χ4v) is 2.63. The first-order chi connectivity index (χ1) is 9.00. The Morgan fingerprint density at radius 2 is 2.16 bits per heavy atom. The Morgan fingerprint density at radius 1 is 1.42 bits per heavy atom. The van der Waals surface area contributed by atoms with Crippen LogP contribution in [0.15, 0.2) is 18.2 Å². The Kier molecular flexibility index (Phi) is 4.22. The topological polar surface area (TPSA) is 52.6 Å². The quantitative estimate of drug-likeness (QED) is 0.871. The van der Waals surface area contributed by atoms with Gasteiger partial charge in [0.2, 0.25) is 0 Å². The first-order valence-electron chi connectivity index (χ1n) is 6.77. The smallest absolute Gasteiger partial charge is 0.322 e. The number of carboxylic acid groups (broad SMARTS) is 1. The number of benzene rings is 1. The van der Waals surface area contributed by atoms with Crippen molar-refractivity contribution in [3.05, 3.63) is 34.9 Å². The van der Waals surface area contributed by atoms with Crippen molar-refractivity contribution in [1.82, 2.24) is 10.2 Å². The SMILES string of the molecule is Cc1ccc(C(C)N2CCNCC2C(=O)O)cc1C. The molecular formula is C15H22N2O2. The number of carboxylic acids is 1. The molecule has 2 unspecified atom stereocenters. The Hall–Kier alpha value is -1.39. The zero-order chi connectivity index (χ0) is 14.0. The maximum absolute atomic E-state index is 11.3. The van der Waals surface area contributed by atoms with Crippen molar-refractivity contribution in [2.24, 2.45) is 0 Å². The summed E-state index contributed by atoms with van der Waals surface area (Å²) in [6.07, 6.45) is 0. The van der Waals surface area contributed by atoms with Crippen molar-refractivity contribution >= 4 is 5.97 Å². The van der Waals surface area contributed by atoms with Crippen molar-refractivity contribution in [2.45, 2.75) is 32.9 Å². The van der Waals surface area contributed by atoms with E-state index < -0.39 is 12.0 Å². The molecule has 4 heteroatoms. The predicted molar refractivity (Wildman–Crippen MR) is 75.3 cm³/mol. The van der Waals surface area contributed by atoms with Crippen molar-refractivity contribution < 1.29 is 9.90 Å². The summed E-state index contributed by atoms with van der Waals surface area (Å²) in [5, 5.41) is 12.5. The third-order valence-corrected chi connectivity index (χ3v) is 4.08. The van der Waals surface area contributed by atoms with Crippen molar-refractivity contribution in [3.8, 4) is 0 Å². The van der Waals surface area contributed by atoms with E-state index >= 15 is 0 Å². The number of carbonyl (C=O) groups is 1. The molecule has 1 fully saturated rings. The van der Waals surface area contributed by atoms with Crippen LogP contribution in [0, 0.1) is 13.8 Å². The minimum absolute atomic E-state index is 0.127. The second kappa shape index (κ2) is 5.72. The van der Waals surface area contributed by atoms with Gasteiger partial charge in [0.1, 0.15) is 6.04 Å². The number of hydrogen-bond donors (Lipinski definition) is 2. The zero-order valence-corrected chi connectivity index (χ0v) is 11.8.